The normalized spacial score (nSPS) is 10.4. The minimum Gasteiger partial charge on any atom is -0.494 e. The van der Waals surface area contributed by atoms with Crippen molar-refractivity contribution in [3.8, 4) is 11.5 Å². The minimum absolute atomic E-state index is 0.0640. The van der Waals surface area contributed by atoms with E-state index in [1.807, 2.05) is 25.1 Å². The largest absolute Gasteiger partial charge is 0.494 e. The van der Waals surface area contributed by atoms with Gasteiger partial charge in [0.05, 0.1) is 6.61 Å². The molecule has 148 valence electrons. The van der Waals surface area contributed by atoms with Gasteiger partial charge in [0.25, 0.3) is 0 Å². The second kappa shape index (κ2) is 9.89. The van der Waals surface area contributed by atoms with Gasteiger partial charge in [-0.25, -0.2) is 0 Å². The van der Waals surface area contributed by atoms with Gasteiger partial charge in [-0.3, -0.25) is 9.59 Å². The molecular formula is C24H21ClO4. The molecule has 0 bridgehead atoms. The van der Waals surface area contributed by atoms with Crippen LogP contribution < -0.4 is 9.47 Å². The van der Waals surface area contributed by atoms with E-state index < -0.39 is 0 Å². The van der Waals surface area contributed by atoms with Gasteiger partial charge in [0, 0.05) is 22.6 Å². The lowest BCUT2D eigenvalue weighted by Crippen LogP contribution is -2.11. The summed E-state index contributed by atoms with van der Waals surface area (Å²) in [5, 5.41) is 0.646. The van der Waals surface area contributed by atoms with Crippen molar-refractivity contribution in [3.63, 3.8) is 0 Å². The summed E-state index contributed by atoms with van der Waals surface area (Å²) in [5.41, 5.74) is 1.92. The molecule has 0 aromatic heterocycles. The third kappa shape index (κ3) is 5.93. The number of hydrogen-bond acceptors (Lipinski definition) is 4. The van der Waals surface area contributed by atoms with E-state index in [0.717, 1.165) is 5.56 Å². The number of halogens is 1. The van der Waals surface area contributed by atoms with E-state index in [-0.39, 0.29) is 18.2 Å². The van der Waals surface area contributed by atoms with Gasteiger partial charge in [0.15, 0.2) is 5.78 Å². The number of hydrogen-bond donors (Lipinski definition) is 0. The molecule has 0 atom stereocenters. The van der Waals surface area contributed by atoms with Crippen molar-refractivity contribution in [2.24, 2.45) is 0 Å². The van der Waals surface area contributed by atoms with Crippen molar-refractivity contribution in [2.45, 2.75) is 19.8 Å². The van der Waals surface area contributed by atoms with Crippen LogP contribution in [0.25, 0.3) is 0 Å². The molecule has 0 amide bonds. The van der Waals surface area contributed by atoms with Gasteiger partial charge in [-0.2, -0.15) is 0 Å². The maximum Gasteiger partial charge on any atom is 0.311 e. The predicted molar refractivity (Wildman–Crippen MR) is 113 cm³/mol. The highest BCUT2D eigenvalue weighted by atomic mass is 35.5. The molecular weight excluding hydrogens is 388 g/mol. The Balaban J connectivity index is 1.50. The number of carbonyl (C=O) groups is 2. The molecule has 0 N–H and O–H groups in total. The lowest BCUT2D eigenvalue weighted by Gasteiger charge is -2.10. The van der Waals surface area contributed by atoms with Crippen LogP contribution in [0.4, 0.5) is 0 Å². The summed E-state index contributed by atoms with van der Waals surface area (Å²) in [6.07, 6.45) is 0.767. The van der Waals surface area contributed by atoms with Crippen molar-refractivity contribution >= 4 is 23.4 Å². The molecule has 4 nitrogen and oxygen atoms in total. The molecule has 3 rings (SSSR count). The number of ketones is 1. The minimum atomic E-state index is -0.338. The summed E-state index contributed by atoms with van der Waals surface area (Å²) >= 11 is 5.83. The van der Waals surface area contributed by atoms with E-state index in [1.54, 1.807) is 54.6 Å². The van der Waals surface area contributed by atoms with Crippen LogP contribution in [0.5, 0.6) is 11.5 Å². The average Bonchev–Trinajstić information content (AvgIpc) is 2.74. The molecule has 0 aliphatic carbocycles. The number of rotatable bonds is 8. The van der Waals surface area contributed by atoms with E-state index in [9.17, 15) is 9.59 Å². The predicted octanol–water partition coefficient (Wildman–Crippen LogP) is 5.64. The van der Waals surface area contributed by atoms with Gasteiger partial charge in [-0.1, -0.05) is 41.9 Å². The summed E-state index contributed by atoms with van der Waals surface area (Å²) in [4.78, 5) is 24.6. The highest BCUT2D eigenvalue weighted by molar-refractivity contribution is 6.30. The van der Waals surface area contributed by atoms with Crippen molar-refractivity contribution in [2.75, 3.05) is 6.61 Å². The van der Waals surface area contributed by atoms with E-state index in [4.69, 9.17) is 21.1 Å². The van der Waals surface area contributed by atoms with Gasteiger partial charge < -0.3 is 9.47 Å². The molecule has 29 heavy (non-hydrogen) atoms. The molecule has 5 heteroatoms. The lowest BCUT2D eigenvalue weighted by atomic mass is 10.0. The van der Waals surface area contributed by atoms with Gasteiger partial charge in [0.2, 0.25) is 0 Å². The van der Waals surface area contributed by atoms with Crippen LogP contribution in [-0.2, 0) is 4.79 Å². The van der Waals surface area contributed by atoms with Crippen LogP contribution in [-0.4, -0.2) is 18.4 Å². The average molecular weight is 409 g/mol. The summed E-state index contributed by atoms with van der Waals surface area (Å²) in [5.74, 6) is 0.761. The van der Waals surface area contributed by atoms with Crippen LogP contribution in [0.15, 0.2) is 72.8 Å². The number of esters is 1. The smallest absolute Gasteiger partial charge is 0.311 e. The molecule has 3 aromatic carbocycles. The van der Waals surface area contributed by atoms with Crippen LogP contribution in [0.1, 0.15) is 34.3 Å². The molecule has 0 saturated carbocycles. The first-order chi connectivity index (χ1) is 14.0. The number of carbonyl (C=O) groups excluding carboxylic acids is 2. The Kier molecular flexibility index (Phi) is 7.04. The Bertz CT molecular complexity index is 982. The highest BCUT2D eigenvalue weighted by Gasteiger charge is 2.12. The molecule has 0 aliphatic heterocycles. The Hall–Kier alpha value is -3.11. The van der Waals surface area contributed by atoms with Crippen LogP contribution in [0.2, 0.25) is 5.02 Å². The SMILES string of the molecule is Cc1cc(C(=O)c2ccccc2)ccc1OC(=O)CCCOc1ccc(Cl)cc1. The molecule has 0 saturated heterocycles. The summed E-state index contributed by atoms with van der Waals surface area (Å²) in [7, 11) is 0. The Morgan fingerprint density at radius 1 is 0.897 bits per heavy atom. The summed E-state index contributed by atoms with van der Waals surface area (Å²) in [6, 6.07) is 21.2. The fourth-order valence-electron chi connectivity index (χ4n) is 2.77. The fourth-order valence-corrected chi connectivity index (χ4v) is 2.90. The van der Waals surface area contributed by atoms with Crippen LogP contribution in [0.3, 0.4) is 0 Å². The Labute approximate surface area is 175 Å². The van der Waals surface area contributed by atoms with Crippen molar-refractivity contribution in [1.29, 1.82) is 0 Å². The molecule has 0 aliphatic rings. The summed E-state index contributed by atoms with van der Waals surface area (Å²) in [6.45, 7) is 2.22. The molecule has 0 heterocycles. The highest BCUT2D eigenvalue weighted by Crippen LogP contribution is 2.22. The van der Waals surface area contributed by atoms with E-state index in [0.29, 0.717) is 40.7 Å². The van der Waals surface area contributed by atoms with E-state index in [2.05, 4.69) is 0 Å². The van der Waals surface area contributed by atoms with Gasteiger partial charge in [-0.05, 0) is 61.4 Å². The Morgan fingerprint density at radius 3 is 2.31 bits per heavy atom. The second-order valence-electron chi connectivity index (χ2n) is 6.56. The van der Waals surface area contributed by atoms with Gasteiger partial charge in [0.1, 0.15) is 11.5 Å². The third-order valence-electron chi connectivity index (χ3n) is 4.30. The number of ether oxygens (including phenoxy) is 2. The quantitative estimate of drug-likeness (QED) is 0.209. The number of aryl methyl sites for hydroxylation is 1. The van der Waals surface area contributed by atoms with Gasteiger partial charge >= 0.3 is 5.97 Å². The molecule has 0 unspecified atom stereocenters. The lowest BCUT2D eigenvalue weighted by molar-refractivity contribution is -0.134. The van der Waals surface area contributed by atoms with Crippen molar-refractivity contribution < 1.29 is 19.1 Å². The molecule has 0 radical (unpaired) electrons. The van der Waals surface area contributed by atoms with Gasteiger partial charge in [-0.15, -0.1) is 0 Å². The maximum absolute atomic E-state index is 12.5. The summed E-state index contributed by atoms with van der Waals surface area (Å²) < 4.78 is 11.0. The van der Waals surface area contributed by atoms with Crippen molar-refractivity contribution in [3.05, 3.63) is 94.5 Å². The third-order valence-corrected chi connectivity index (χ3v) is 4.56. The number of benzene rings is 3. The zero-order valence-corrected chi connectivity index (χ0v) is 16.8. The van der Waals surface area contributed by atoms with Crippen LogP contribution in [0, 0.1) is 6.92 Å². The first kappa shape index (κ1) is 20.6. The molecule has 0 fully saturated rings. The molecule has 3 aromatic rings. The zero-order chi connectivity index (χ0) is 20.6. The monoisotopic (exact) mass is 408 g/mol. The van der Waals surface area contributed by atoms with E-state index >= 15 is 0 Å². The zero-order valence-electron chi connectivity index (χ0n) is 16.1. The fraction of sp³-hybridized carbons (Fsp3) is 0.167. The second-order valence-corrected chi connectivity index (χ2v) is 6.99. The topological polar surface area (TPSA) is 52.6 Å². The first-order valence-electron chi connectivity index (χ1n) is 9.32. The Morgan fingerprint density at radius 2 is 1.62 bits per heavy atom. The molecule has 0 spiro atoms. The van der Waals surface area contributed by atoms with Crippen molar-refractivity contribution in [1.82, 2.24) is 0 Å². The maximum atomic E-state index is 12.5. The van der Waals surface area contributed by atoms with Crippen LogP contribution >= 0.6 is 11.6 Å². The van der Waals surface area contributed by atoms with E-state index in [1.165, 1.54) is 0 Å². The first-order valence-corrected chi connectivity index (χ1v) is 9.70. The standard InChI is InChI=1S/C24H21ClO4/c1-17-16-19(24(27)18-6-3-2-4-7-18)9-14-22(17)29-23(26)8-5-15-28-21-12-10-20(25)11-13-21/h2-4,6-7,9-14,16H,5,8,15H2,1H3.